The third-order valence-electron chi connectivity index (χ3n) is 12.1. The van der Waals surface area contributed by atoms with E-state index < -0.39 is 34.8 Å². The summed E-state index contributed by atoms with van der Waals surface area (Å²) in [6, 6.07) is 0. The van der Waals surface area contributed by atoms with Gasteiger partial charge in [0.15, 0.2) is 0 Å². The smallest absolute Gasteiger partial charge is 0.303 e. The molecule has 1 aliphatic heterocycles. The van der Waals surface area contributed by atoms with Crippen LogP contribution in [0.2, 0.25) is 0 Å². The Labute approximate surface area is 223 Å². The number of rotatable bonds is 8. The fourth-order valence-corrected chi connectivity index (χ4v) is 10.0. The van der Waals surface area contributed by atoms with E-state index in [1.807, 2.05) is 6.08 Å². The Bertz CT molecular complexity index is 931. The van der Waals surface area contributed by atoms with E-state index in [1.54, 1.807) is 0 Å². The number of aliphatic hydroxyl groups is 3. The van der Waals surface area contributed by atoms with Gasteiger partial charge in [0.25, 0.3) is 0 Å². The normalized spacial score (nSPS) is 47.7. The highest BCUT2D eigenvalue weighted by Gasteiger charge is 2.83. The summed E-state index contributed by atoms with van der Waals surface area (Å²) in [5, 5.41) is 33.7. The molecule has 0 bridgehead atoms. The molecule has 1 heterocycles. The molecule has 1 spiro atoms. The van der Waals surface area contributed by atoms with Crippen LogP contribution >= 0.6 is 0 Å². The van der Waals surface area contributed by atoms with E-state index in [2.05, 4.69) is 34.6 Å². The van der Waals surface area contributed by atoms with Gasteiger partial charge in [0.1, 0.15) is 17.3 Å². The number of epoxide rings is 1. The predicted octanol–water partition coefficient (Wildman–Crippen LogP) is 4.79. The maximum atomic E-state index is 12.2. The molecule has 210 valence electrons. The fourth-order valence-electron chi connectivity index (χ4n) is 10.0. The monoisotopic (exact) mass is 518 g/mol. The summed E-state index contributed by atoms with van der Waals surface area (Å²) >= 11 is 0. The third kappa shape index (κ3) is 3.75. The molecule has 0 aromatic heterocycles. The SMILES string of the molecule is CCC(CC[C@@H](C)[C@H]1CC[C@H]2C3=C[C@H](OC(C)=O)[C@@]4(O)C[C@@H](O)CC[C@]4(CO)[C@]34O[C@@H]4C[C@]12C)C(C)C. The molecule has 4 aliphatic carbocycles. The highest BCUT2D eigenvalue weighted by atomic mass is 16.6. The van der Waals surface area contributed by atoms with Crippen LogP contribution in [0.5, 0.6) is 0 Å². The zero-order valence-corrected chi connectivity index (χ0v) is 23.8. The van der Waals surface area contributed by atoms with Gasteiger partial charge < -0.3 is 24.8 Å². The average Bonchev–Trinajstić information content (AvgIpc) is 3.43. The molecule has 5 rings (SSSR count). The van der Waals surface area contributed by atoms with Crippen molar-refractivity contribution in [1.29, 1.82) is 0 Å². The van der Waals surface area contributed by atoms with Gasteiger partial charge in [-0.25, -0.2) is 0 Å². The third-order valence-corrected chi connectivity index (χ3v) is 12.1. The van der Waals surface area contributed by atoms with Crippen molar-refractivity contribution in [2.24, 2.45) is 40.4 Å². The maximum absolute atomic E-state index is 12.2. The molecule has 4 fully saturated rings. The highest BCUT2D eigenvalue weighted by molar-refractivity contribution is 5.67. The van der Waals surface area contributed by atoms with Gasteiger partial charge in [0, 0.05) is 13.3 Å². The highest BCUT2D eigenvalue weighted by Crippen LogP contribution is 2.76. The first-order chi connectivity index (χ1) is 17.4. The number of fused-ring (bicyclic) bond motifs is 3. The van der Waals surface area contributed by atoms with Crippen molar-refractivity contribution in [2.45, 2.75) is 129 Å². The van der Waals surface area contributed by atoms with E-state index in [1.165, 1.54) is 32.6 Å². The molecule has 0 aromatic rings. The van der Waals surface area contributed by atoms with Gasteiger partial charge in [-0.2, -0.15) is 0 Å². The molecule has 5 aliphatic rings. The molecule has 3 N–H and O–H groups in total. The van der Waals surface area contributed by atoms with Crippen LogP contribution in [0.3, 0.4) is 0 Å². The van der Waals surface area contributed by atoms with Crippen LogP contribution in [-0.4, -0.2) is 57.4 Å². The molecule has 3 saturated carbocycles. The second kappa shape index (κ2) is 9.31. The molecule has 1 saturated heterocycles. The zero-order chi connectivity index (χ0) is 27.0. The van der Waals surface area contributed by atoms with E-state index in [0.717, 1.165) is 24.3 Å². The second-order valence-corrected chi connectivity index (χ2v) is 14.0. The molecule has 0 amide bonds. The standard InChI is InChI=1S/C31H50O6/c1-7-21(18(2)3)9-8-19(4)23-10-11-24-25-14-26(36-20(5)33)30(35)15-22(34)12-13-29(30,17-32)31(25)27(37-31)16-28(23,24)6/h14,18-19,21-24,26-27,32,34-35H,7-13,15-17H2,1-6H3/t19-,21?,22+,23-,24+,26+,27-,28-,29-,30+,31+/m1/s1. The van der Waals surface area contributed by atoms with Crippen molar-refractivity contribution in [2.75, 3.05) is 6.61 Å². The van der Waals surface area contributed by atoms with Gasteiger partial charge in [-0.15, -0.1) is 0 Å². The van der Waals surface area contributed by atoms with E-state index in [-0.39, 0.29) is 30.5 Å². The Kier molecular flexibility index (Phi) is 6.95. The number of carbonyl (C=O) groups excluding carboxylic acids is 1. The molecule has 0 aromatic carbocycles. The van der Waals surface area contributed by atoms with Gasteiger partial charge in [-0.3, -0.25) is 4.79 Å². The number of carbonyl (C=O) groups is 1. The van der Waals surface area contributed by atoms with Crippen molar-refractivity contribution >= 4 is 5.97 Å². The number of hydrogen-bond donors (Lipinski definition) is 3. The van der Waals surface area contributed by atoms with Gasteiger partial charge in [-0.1, -0.05) is 47.5 Å². The number of esters is 1. The minimum Gasteiger partial charge on any atom is -0.455 e. The Morgan fingerprint density at radius 2 is 1.92 bits per heavy atom. The first kappa shape index (κ1) is 27.6. The van der Waals surface area contributed by atoms with Crippen LogP contribution in [0.1, 0.15) is 99.3 Å². The largest absolute Gasteiger partial charge is 0.455 e. The van der Waals surface area contributed by atoms with Crippen molar-refractivity contribution in [3.05, 3.63) is 11.6 Å². The van der Waals surface area contributed by atoms with E-state index >= 15 is 0 Å². The quantitative estimate of drug-likeness (QED) is 0.243. The number of aliphatic hydroxyl groups excluding tert-OH is 2. The molecule has 6 heteroatoms. The fraction of sp³-hybridized carbons (Fsp3) is 0.903. The average molecular weight is 519 g/mol. The molecule has 1 unspecified atom stereocenters. The number of hydrogen-bond acceptors (Lipinski definition) is 6. The summed E-state index contributed by atoms with van der Waals surface area (Å²) in [6.07, 6.45) is 8.27. The van der Waals surface area contributed by atoms with Gasteiger partial charge in [-0.05, 0) is 85.2 Å². The lowest BCUT2D eigenvalue weighted by Gasteiger charge is -2.61. The van der Waals surface area contributed by atoms with Gasteiger partial charge >= 0.3 is 5.97 Å². The summed E-state index contributed by atoms with van der Waals surface area (Å²) in [4.78, 5) is 12.2. The van der Waals surface area contributed by atoms with Crippen LogP contribution < -0.4 is 0 Å². The summed E-state index contributed by atoms with van der Waals surface area (Å²) in [5.41, 5.74) is -2.04. The summed E-state index contributed by atoms with van der Waals surface area (Å²) in [7, 11) is 0. The summed E-state index contributed by atoms with van der Waals surface area (Å²) in [6.45, 7) is 13.0. The Morgan fingerprint density at radius 1 is 1.19 bits per heavy atom. The molecule has 37 heavy (non-hydrogen) atoms. The van der Waals surface area contributed by atoms with E-state index in [4.69, 9.17) is 9.47 Å². The lowest BCUT2D eigenvalue weighted by atomic mass is 9.44. The van der Waals surface area contributed by atoms with Crippen LogP contribution in [-0.2, 0) is 14.3 Å². The first-order valence-corrected chi connectivity index (χ1v) is 15.0. The molecule has 6 nitrogen and oxygen atoms in total. The first-order valence-electron chi connectivity index (χ1n) is 15.0. The van der Waals surface area contributed by atoms with Crippen LogP contribution in [0.25, 0.3) is 0 Å². The molecular weight excluding hydrogens is 468 g/mol. The van der Waals surface area contributed by atoms with Crippen molar-refractivity contribution in [3.63, 3.8) is 0 Å². The second-order valence-electron chi connectivity index (χ2n) is 14.0. The lowest BCUT2D eigenvalue weighted by Crippen LogP contribution is -2.72. The molecular formula is C31H50O6. The minimum atomic E-state index is -1.56. The van der Waals surface area contributed by atoms with E-state index in [0.29, 0.717) is 30.6 Å². The summed E-state index contributed by atoms with van der Waals surface area (Å²) in [5.74, 6) is 2.52. The van der Waals surface area contributed by atoms with Crippen LogP contribution in [0.4, 0.5) is 0 Å². The van der Waals surface area contributed by atoms with Crippen molar-refractivity contribution < 1.29 is 29.6 Å². The predicted molar refractivity (Wildman–Crippen MR) is 142 cm³/mol. The van der Waals surface area contributed by atoms with Crippen LogP contribution in [0.15, 0.2) is 11.6 Å². The Balaban J connectivity index is 1.50. The van der Waals surface area contributed by atoms with Crippen molar-refractivity contribution in [1.82, 2.24) is 0 Å². The number of ether oxygens (including phenoxy) is 2. The van der Waals surface area contributed by atoms with Crippen molar-refractivity contribution in [3.8, 4) is 0 Å². The summed E-state index contributed by atoms with van der Waals surface area (Å²) < 4.78 is 12.4. The lowest BCUT2D eigenvalue weighted by molar-refractivity contribution is -0.237. The van der Waals surface area contributed by atoms with Crippen LogP contribution in [0, 0.1) is 40.4 Å². The van der Waals surface area contributed by atoms with E-state index in [9.17, 15) is 20.1 Å². The molecule has 0 radical (unpaired) electrons. The van der Waals surface area contributed by atoms with Gasteiger partial charge in [0.05, 0.1) is 24.2 Å². The minimum absolute atomic E-state index is 0.0564. The molecule has 11 atom stereocenters. The topological polar surface area (TPSA) is 99.5 Å². The Hall–Kier alpha value is -0.950. The maximum Gasteiger partial charge on any atom is 0.303 e. The zero-order valence-electron chi connectivity index (χ0n) is 23.8. The van der Waals surface area contributed by atoms with Gasteiger partial charge in [0.2, 0.25) is 0 Å². The Morgan fingerprint density at radius 3 is 2.54 bits per heavy atom.